The minimum Gasteiger partial charge on any atom is -0.456 e. The zero-order valence-corrected chi connectivity index (χ0v) is 17.4. The van der Waals surface area contributed by atoms with Crippen molar-refractivity contribution < 1.29 is 4.42 Å². The fourth-order valence-corrected chi connectivity index (χ4v) is 5.34. The van der Waals surface area contributed by atoms with Gasteiger partial charge < -0.3 is 9.73 Å². The lowest BCUT2D eigenvalue weighted by Crippen LogP contribution is -2.37. The molecule has 0 radical (unpaired) electrons. The molecule has 1 aliphatic heterocycles. The summed E-state index contributed by atoms with van der Waals surface area (Å²) in [6.07, 6.45) is 1.06. The third-order valence-electron chi connectivity index (χ3n) is 5.96. The molecule has 2 heterocycles. The number of hydrogen-bond donors (Lipinski definition) is 1. The molecule has 0 saturated carbocycles. The zero-order chi connectivity index (χ0) is 19.6. The van der Waals surface area contributed by atoms with Crippen LogP contribution in [0, 0.1) is 6.92 Å². The van der Waals surface area contributed by atoms with Gasteiger partial charge in [-0.25, -0.2) is 0 Å². The Kier molecular flexibility index (Phi) is 3.79. The molecule has 4 aromatic rings. The maximum atomic E-state index is 7.07. The minimum atomic E-state index is 0.0722. The maximum Gasteiger partial charge on any atom is 0.136 e. The van der Waals surface area contributed by atoms with Gasteiger partial charge >= 0.3 is 0 Å². The minimum absolute atomic E-state index is 0.0722. The van der Waals surface area contributed by atoms with E-state index < -0.39 is 0 Å². The highest BCUT2D eigenvalue weighted by atomic mass is 35.5. The van der Waals surface area contributed by atoms with E-state index >= 15 is 0 Å². The second-order valence-corrected chi connectivity index (χ2v) is 9.11. The van der Waals surface area contributed by atoms with Gasteiger partial charge in [0.2, 0.25) is 0 Å². The number of furan rings is 1. The van der Waals surface area contributed by atoms with Crippen molar-refractivity contribution in [2.75, 3.05) is 5.32 Å². The van der Waals surface area contributed by atoms with Crippen LogP contribution in [0.3, 0.4) is 0 Å². The van der Waals surface area contributed by atoms with Gasteiger partial charge in [-0.3, -0.25) is 0 Å². The smallest absolute Gasteiger partial charge is 0.136 e. The van der Waals surface area contributed by atoms with Crippen LogP contribution in [0.15, 0.2) is 52.9 Å². The van der Waals surface area contributed by atoms with Crippen LogP contribution in [0.2, 0.25) is 5.02 Å². The van der Waals surface area contributed by atoms with Crippen molar-refractivity contribution in [2.45, 2.75) is 45.6 Å². The lowest BCUT2D eigenvalue weighted by Gasteiger charge is -2.39. The van der Waals surface area contributed by atoms with E-state index in [0.29, 0.717) is 5.92 Å². The number of halogens is 1. The molecule has 0 saturated heterocycles. The largest absolute Gasteiger partial charge is 0.456 e. The summed E-state index contributed by atoms with van der Waals surface area (Å²) in [5, 5.41) is 6.84. The molecule has 28 heavy (non-hydrogen) atoms. The first kappa shape index (κ1) is 17.6. The van der Waals surface area contributed by atoms with Crippen molar-refractivity contribution in [3.8, 4) is 11.1 Å². The number of nitrogens with one attached hydrogen (secondary N) is 1. The van der Waals surface area contributed by atoms with E-state index in [2.05, 4.69) is 63.3 Å². The number of para-hydroxylation sites is 1. The van der Waals surface area contributed by atoms with Crippen LogP contribution < -0.4 is 5.32 Å². The summed E-state index contributed by atoms with van der Waals surface area (Å²) in [6.45, 7) is 8.97. The van der Waals surface area contributed by atoms with E-state index in [9.17, 15) is 0 Å². The summed E-state index contributed by atoms with van der Waals surface area (Å²) < 4.78 is 6.09. The fraction of sp³-hybridized carbons (Fsp3) is 0.280. The van der Waals surface area contributed by atoms with E-state index in [-0.39, 0.29) is 5.54 Å². The SMILES string of the molecule is Cc1cc(-c2cccc3oc4ccccc4c23)c(Cl)c2c1NC(C)(C)CC2C. The fourth-order valence-electron chi connectivity index (χ4n) is 4.90. The van der Waals surface area contributed by atoms with E-state index in [4.69, 9.17) is 16.0 Å². The monoisotopic (exact) mass is 389 g/mol. The molecule has 1 atom stereocenters. The molecule has 0 bridgehead atoms. The third kappa shape index (κ3) is 2.55. The van der Waals surface area contributed by atoms with Crippen LogP contribution in [0.5, 0.6) is 0 Å². The lowest BCUT2D eigenvalue weighted by atomic mass is 9.79. The molecule has 1 aliphatic rings. The third-order valence-corrected chi connectivity index (χ3v) is 6.37. The number of benzene rings is 3. The second kappa shape index (κ2) is 6.02. The van der Waals surface area contributed by atoms with Gasteiger partial charge in [-0.05, 0) is 68.0 Å². The van der Waals surface area contributed by atoms with Crippen molar-refractivity contribution in [3.05, 3.63) is 64.7 Å². The van der Waals surface area contributed by atoms with Crippen molar-refractivity contribution >= 4 is 39.2 Å². The van der Waals surface area contributed by atoms with Gasteiger partial charge in [0, 0.05) is 27.6 Å². The summed E-state index contributed by atoms with van der Waals surface area (Å²) in [5.74, 6) is 0.401. The first-order valence-electron chi connectivity index (χ1n) is 9.87. The highest BCUT2D eigenvalue weighted by Gasteiger charge is 2.33. The van der Waals surface area contributed by atoms with Gasteiger partial charge in [0.25, 0.3) is 0 Å². The Labute approximate surface area is 170 Å². The highest BCUT2D eigenvalue weighted by Crippen LogP contribution is 2.49. The van der Waals surface area contributed by atoms with Crippen LogP contribution in [0.25, 0.3) is 33.1 Å². The number of aryl methyl sites for hydroxylation is 1. The summed E-state index contributed by atoms with van der Waals surface area (Å²) in [4.78, 5) is 0. The highest BCUT2D eigenvalue weighted by molar-refractivity contribution is 6.35. The molecule has 3 heteroatoms. The predicted molar refractivity (Wildman–Crippen MR) is 120 cm³/mol. The molecule has 2 nitrogen and oxygen atoms in total. The van der Waals surface area contributed by atoms with Gasteiger partial charge in [-0.15, -0.1) is 0 Å². The molecule has 0 aliphatic carbocycles. The topological polar surface area (TPSA) is 25.2 Å². The molecule has 5 rings (SSSR count). The quantitative estimate of drug-likeness (QED) is 0.357. The van der Waals surface area contributed by atoms with Crippen molar-refractivity contribution in [1.29, 1.82) is 0 Å². The molecule has 1 N–H and O–H groups in total. The van der Waals surface area contributed by atoms with Gasteiger partial charge in [-0.1, -0.05) is 48.9 Å². The Morgan fingerprint density at radius 2 is 1.79 bits per heavy atom. The number of rotatable bonds is 1. The number of fused-ring (bicyclic) bond motifs is 4. The second-order valence-electron chi connectivity index (χ2n) is 8.73. The van der Waals surface area contributed by atoms with E-state index in [1.54, 1.807) is 0 Å². The Balaban J connectivity index is 1.82. The van der Waals surface area contributed by atoms with Crippen molar-refractivity contribution in [2.24, 2.45) is 0 Å². The van der Waals surface area contributed by atoms with Gasteiger partial charge in [-0.2, -0.15) is 0 Å². The van der Waals surface area contributed by atoms with Crippen LogP contribution in [-0.4, -0.2) is 5.54 Å². The molecular weight excluding hydrogens is 366 g/mol. The summed E-state index contributed by atoms with van der Waals surface area (Å²) in [7, 11) is 0. The molecule has 0 amide bonds. The Hall–Kier alpha value is -2.45. The van der Waals surface area contributed by atoms with E-state index in [0.717, 1.165) is 44.5 Å². The van der Waals surface area contributed by atoms with E-state index in [1.165, 1.54) is 16.8 Å². The number of hydrogen-bond acceptors (Lipinski definition) is 2. The zero-order valence-electron chi connectivity index (χ0n) is 16.7. The number of anilines is 1. The summed E-state index contributed by atoms with van der Waals surface area (Å²) in [5.41, 5.74) is 7.77. The predicted octanol–water partition coefficient (Wildman–Crippen LogP) is 7.91. The average molecular weight is 390 g/mol. The molecular formula is C25H24ClNO. The molecule has 1 aromatic heterocycles. The van der Waals surface area contributed by atoms with Crippen LogP contribution in [0.1, 0.15) is 44.2 Å². The molecule has 0 fully saturated rings. The van der Waals surface area contributed by atoms with Crippen LogP contribution in [-0.2, 0) is 0 Å². The van der Waals surface area contributed by atoms with Crippen molar-refractivity contribution in [1.82, 2.24) is 0 Å². The molecule has 1 unspecified atom stereocenters. The van der Waals surface area contributed by atoms with Gasteiger partial charge in [0.15, 0.2) is 0 Å². The van der Waals surface area contributed by atoms with Gasteiger partial charge in [0.1, 0.15) is 11.2 Å². The average Bonchev–Trinajstić information content (AvgIpc) is 3.02. The molecule has 3 aromatic carbocycles. The first-order valence-corrected chi connectivity index (χ1v) is 10.3. The Morgan fingerprint density at radius 3 is 2.61 bits per heavy atom. The lowest BCUT2D eigenvalue weighted by molar-refractivity contribution is 0.454. The summed E-state index contributed by atoms with van der Waals surface area (Å²) >= 11 is 7.07. The van der Waals surface area contributed by atoms with Crippen LogP contribution >= 0.6 is 11.6 Å². The first-order chi connectivity index (χ1) is 13.4. The molecule has 0 spiro atoms. The summed E-state index contributed by atoms with van der Waals surface area (Å²) in [6, 6.07) is 16.7. The Bertz CT molecular complexity index is 1230. The molecule has 142 valence electrons. The van der Waals surface area contributed by atoms with Crippen LogP contribution in [0.4, 0.5) is 5.69 Å². The van der Waals surface area contributed by atoms with Gasteiger partial charge in [0.05, 0.1) is 5.02 Å². The van der Waals surface area contributed by atoms with E-state index in [1.807, 2.05) is 18.2 Å². The standard InChI is InChI=1S/C25H24ClNO/c1-14-12-18(23(26)21-15(2)13-25(3,4)27-24(14)21)16-9-7-11-20-22(16)17-8-5-6-10-19(17)28-20/h5-12,15,27H,13H2,1-4H3. The van der Waals surface area contributed by atoms with Crippen molar-refractivity contribution in [3.63, 3.8) is 0 Å². The normalized spacial score (nSPS) is 18.2. The Morgan fingerprint density at radius 1 is 1.04 bits per heavy atom. The maximum absolute atomic E-state index is 7.07.